The zero-order valence-corrected chi connectivity index (χ0v) is 13.9. The molecule has 0 bridgehead atoms. The lowest BCUT2D eigenvalue weighted by molar-refractivity contribution is -0.136. The lowest BCUT2D eigenvalue weighted by Gasteiger charge is -2.36. The summed E-state index contributed by atoms with van der Waals surface area (Å²) in [4.78, 5) is 27.8. The van der Waals surface area contributed by atoms with Crippen molar-refractivity contribution in [3.8, 4) is 5.75 Å². The second-order valence-corrected chi connectivity index (χ2v) is 5.59. The molecule has 1 aromatic carbocycles. The molecular weight excluding hydrogens is 294 g/mol. The highest BCUT2D eigenvalue weighted by Gasteiger charge is 2.22. The molecule has 1 saturated heterocycles. The highest BCUT2D eigenvalue weighted by molar-refractivity contribution is 5.96. The molecule has 0 aromatic heterocycles. The van der Waals surface area contributed by atoms with Crippen LogP contribution in [0.3, 0.4) is 0 Å². The number of hydrogen-bond donors (Lipinski definition) is 1. The highest BCUT2D eigenvalue weighted by atomic mass is 16.5. The zero-order valence-electron chi connectivity index (χ0n) is 13.9. The third-order valence-electron chi connectivity index (χ3n) is 3.95. The van der Waals surface area contributed by atoms with Gasteiger partial charge in [0.25, 0.3) is 0 Å². The Morgan fingerprint density at radius 1 is 1.13 bits per heavy atom. The van der Waals surface area contributed by atoms with E-state index in [1.165, 1.54) is 0 Å². The van der Waals surface area contributed by atoms with Gasteiger partial charge in [-0.25, -0.2) is 0 Å². The van der Waals surface area contributed by atoms with Gasteiger partial charge in [-0.2, -0.15) is 0 Å². The lowest BCUT2D eigenvalue weighted by Crippen LogP contribution is -2.49. The molecular formula is C17H25N3O3. The van der Waals surface area contributed by atoms with Crippen molar-refractivity contribution in [1.82, 2.24) is 10.2 Å². The molecule has 0 saturated carbocycles. The van der Waals surface area contributed by atoms with Crippen LogP contribution in [0.4, 0.5) is 5.69 Å². The largest absolute Gasteiger partial charge is 0.497 e. The van der Waals surface area contributed by atoms with E-state index in [2.05, 4.69) is 10.2 Å². The maximum Gasteiger partial charge on any atom is 0.232 e. The van der Waals surface area contributed by atoms with Crippen LogP contribution < -0.4 is 15.0 Å². The SMILES string of the molecule is CCCNC(=O)CC(=O)N1CCN(c2ccc(OC)cc2)CC1. The van der Waals surface area contributed by atoms with Crippen LogP contribution in [0.5, 0.6) is 5.75 Å². The third-order valence-corrected chi connectivity index (χ3v) is 3.95. The minimum Gasteiger partial charge on any atom is -0.497 e. The van der Waals surface area contributed by atoms with Gasteiger partial charge in [0.05, 0.1) is 7.11 Å². The fraction of sp³-hybridized carbons (Fsp3) is 0.529. The summed E-state index contributed by atoms with van der Waals surface area (Å²) in [6.45, 7) is 5.44. The predicted octanol–water partition coefficient (Wildman–Crippen LogP) is 1.26. The first-order chi connectivity index (χ1) is 11.1. The normalized spacial score (nSPS) is 14.5. The molecule has 0 aliphatic carbocycles. The van der Waals surface area contributed by atoms with Gasteiger partial charge in [0.2, 0.25) is 11.8 Å². The van der Waals surface area contributed by atoms with Crippen LogP contribution in [-0.4, -0.2) is 56.5 Å². The molecule has 0 radical (unpaired) electrons. The van der Waals surface area contributed by atoms with Gasteiger partial charge in [-0.15, -0.1) is 0 Å². The smallest absolute Gasteiger partial charge is 0.232 e. The van der Waals surface area contributed by atoms with Crippen LogP contribution in [0, 0.1) is 0 Å². The molecule has 1 fully saturated rings. The van der Waals surface area contributed by atoms with Gasteiger partial charge in [0.1, 0.15) is 12.2 Å². The molecule has 0 atom stereocenters. The number of carbonyl (C=O) groups is 2. The Labute approximate surface area is 137 Å². The number of hydrogen-bond acceptors (Lipinski definition) is 4. The van der Waals surface area contributed by atoms with E-state index >= 15 is 0 Å². The number of amides is 2. The van der Waals surface area contributed by atoms with Gasteiger partial charge in [-0.05, 0) is 30.7 Å². The second kappa shape index (κ2) is 8.41. The number of methoxy groups -OCH3 is 1. The first-order valence-corrected chi connectivity index (χ1v) is 8.07. The summed E-state index contributed by atoms with van der Waals surface area (Å²) < 4.78 is 5.16. The van der Waals surface area contributed by atoms with Gasteiger partial charge in [0.15, 0.2) is 0 Å². The topological polar surface area (TPSA) is 61.9 Å². The summed E-state index contributed by atoms with van der Waals surface area (Å²) in [7, 11) is 1.65. The Kier molecular flexibility index (Phi) is 6.26. The number of rotatable bonds is 6. The van der Waals surface area contributed by atoms with Crippen molar-refractivity contribution in [3.63, 3.8) is 0 Å². The molecule has 1 aromatic rings. The Bertz CT molecular complexity index is 522. The zero-order chi connectivity index (χ0) is 16.7. The number of nitrogens with one attached hydrogen (secondary N) is 1. The van der Waals surface area contributed by atoms with E-state index in [4.69, 9.17) is 4.74 Å². The summed E-state index contributed by atoms with van der Waals surface area (Å²) in [6.07, 6.45) is 0.822. The quantitative estimate of drug-likeness (QED) is 0.802. The van der Waals surface area contributed by atoms with Crippen LogP contribution in [-0.2, 0) is 9.59 Å². The number of ether oxygens (including phenoxy) is 1. The molecule has 126 valence electrons. The van der Waals surface area contributed by atoms with Gasteiger partial charge in [-0.1, -0.05) is 6.92 Å². The van der Waals surface area contributed by atoms with Crippen molar-refractivity contribution in [3.05, 3.63) is 24.3 Å². The van der Waals surface area contributed by atoms with Crippen molar-refractivity contribution in [2.75, 3.05) is 44.7 Å². The summed E-state index contributed by atoms with van der Waals surface area (Å²) in [6, 6.07) is 7.92. The number of anilines is 1. The molecule has 0 unspecified atom stereocenters. The van der Waals surface area contributed by atoms with Gasteiger partial charge in [0, 0.05) is 38.4 Å². The molecule has 6 nitrogen and oxygen atoms in total. The summed E-state index contributed by atoms with van der Waals surface area (Å²) in [5.41, 5.74) is 1.12. The van der Waals surface area contributed by atoms with Gasteiger partial charge >= 0.3 is 0 Å². The van der Waals surface area contributed by atoms with Crippen molar-refractivity contribution in [2.45, 2.75) is 19.8 Å². The molecule has 0 spiro atoms. The fourth-order valence-corrected chi connectivity index (χ4v) is 2.58. The summed E-state index contributed by atoms with van der Waals surface area (Å²) in [5.74, 6) is 0.558. The van der Waals surface area contributed by atoms with Crippen LogP contribution in [0.25, 0.3) is 0 Å². The third kappa shape index (κ3) is 4.87. The lowest BCUT2D eigenvalue weighted by atomic mass is 10.2. The average molecular weight is 319 g/mol. The summed E-state index contributed by atoms with van der Waals surface area (Å²) in [5, 5.41) is 2.74. The maximum atomic E-state index is 12.1. The van der Waals surface area contributed by atoms with Gasteiger partial charge in [-0.3, -0.25) is 9.59 Å². The van der Waals surface area contributed by atoms with Crippen LogP contribution in [0.2, 0.25) is 0 Å². The van der Waals surface area contributed by atoms with Crippen molar-refractivity contribution < 1.29 is 14.3 Å². The van der Waals surface area contributed by atoms with Crippen LogP contribution in [0.1, 0.15) is 19.8 Å². The molecule has 6 heteroatoms. The second-order valence-electron chi connectivity index (χ2n) is 5.59. The van der Waals surface area contributed by atoms with E-state index in [0.717, 1.165) is 30.9 Å². The first-order valence-electron chi connectivity index (χ1n) is 8.07. The Hall–Kier alpha value is -2.24. The molecule has 1 N–H and O–H groups in total. The van der Waals surface area contributed by atoms with Crippen molar-refractivity contribution in [1.29, 1.82) is 0 Å². The monoisotopic (exact) mass is 319 g/mol. The standard InChI is InChI=1S/C17H25N3O3/c1-3-8-18-16(21)13-17(22)20-11-9-19(10-12-20)14-4-6-15(23-2)7-5-14/h4-7H,3,8-13H2,1-2H3,(H,18,21). The Morgan fingerprint density at radius 2 is 1.78 bits per heavy atom. The van der Waals surface area contributed by atoms with Crippen molar-refractivity contribution in [2.24, 2.45) is 0 Å². The molecule has 1 heterocycles. The molecule has 2 rings (SSSR count). The van der Waals surface area contributed by atoms with E-state index in [9.17, 15) is 9.59 Å². The number of piperazine rings is 1. The van der Waals surface area contributed by atoms with E-state index in [1.807, 2.05) is 31.2 Å². The fourth-order valence-electron chi connectivity index (χ4n) is 2.58. The van der Waals surface area contributed by atoms with E-state index in [0.29, 0.717) is 19.6 Å². The number of nitrogens with zero attached hydrogens (tertiary/aromatic N) is 2. The molecule has 2 amide bonds. The average Bonchev–Trinajstić information content (AvgIpc) is 2.60. The van der Waals surface area contributed by atoms with Crippen LogP contribution >= 0.6 is 0 Å². The molecule has 23 heavy (non-hydrogen) atoms. The molecule has 1 aliphatic heterocycles. The maximum absolute atomic E-state index is 12.1. The first kappa shape index (κ1) is 17.1. The number of benzene rings is 1. The highest BCUT2D eigenvalue weighted by Crippen LogP contribution is 2.20. The van der Waals surface area contributed by atoms with E-state index in [1.54, 1.807) is 12.0 Å². The van der Waals surface area contributed by atoms with E-state index in [-0.39, 0.29) is 18.2 Å². The van der Waals surface area contributed by atoms with Crippen LogP contribution in [0.15, 0.2) is 24.3 Å². The van der Waals surface area contributed by atoms with Gasteiger partial charge < -0.3 is 19.9 Å². The predicted molar refractivity (Wildman–Crippen MR) is 89.7 cm³/mol. The summed E-state index contributed by atoms with van der Waals surface area (Å²) >= 11 is 0. The number of carbonyl (C=O) groups excluding carboxylic acids is 2. The minimum atomic E-state index is -0.186. The minimum absolute atomic E-state index is 0.0530. The Balaban J connectivity index is 1.80. The van der Waals surface area contributed by atoms with E-state index < -0.39 is 0 Å². The molecule has 1 aliphatic rings. The Morgan fingerprint density at radius 3 is 2.35 bits per heavy atom. The van der Waals surface area contributed by atoms with Crippen molar-refractivity contribution >= 4 is 17.5 Å².